The van der Waals surface area contributed by atoms with Crippen LogP contribution in [0.4, 0.5) is 5.69 Å². The molecule has 0 saturated carbocycles. The van der Waals surface area contributed by atoms with E-state index in [-0.39, 0.29) is 17.0 Å². The smallest absolute Gasteiger partial charge is 0.332 e. The van der Waals surface area contributed by atoms with Crippen molar-refractivity contribution >= 4 is 22.9 Å². The number of imidazole rings is 2. The summed E-state index contributed by atoms with van der Waals surface area (Å²) in [6.45, 7) is 12.4. The minimum absolute atomic E-state index is 0.0688. The van der Waals surface area contributed by atoms with Crippen LogP contribution in [0.1, 0.15) is 26.5 Å². The molecule has 0 amide bonds. The first-order chi connectivity index (χ1) is 19.5. The SMILES string of the molecule is Cc1cc(-c2ccc(-n3ccn(C)c3=O)c(Cl)c2)c(O)c(-c2cc(N3CCN(C(C)(C)C)CC3)c3nccn3c2)n1. The maximum Gasteiger partial charge on any atom is 0.332 e. The van der Waals surface area contributed by atoms with Gasteiger partial charge in [-0.05, 0) is 57.5 Å². The molecule has 1 N–H and O–H groups in total. The van der Waals surface area contributed by atoms with Crippen LogP contribution >= 0.6 is 11.6 Å². The first kappa shape index (κ1) is 27.1. The van der Waals surface area contributed by atoms with E-state index in [1.807, 2.05) is 35.9 Å². The van der Waals surface area contributed by atoms with Crippen LogP contribution in [0.2, 0.25) is 5.02 Å². The van der Waals surface area contributed by atoms with Crippen LogP contribution < -0.4 is 10.6 Å². The summed E-state index contributed by atoms with van der Waals surface area (Å²) in [6.07, 6.45) is 9.05. The van der Waals surface area contributed by atoms with E-state index in [9.17, 15) is 9.90 Å². The summed E-state index contributed by atoms with van der Waals surface area (Å²) in [5, 5.41) is 12.0. The van der Waals surface area contributed by atoms with E-state index < -0.39 is 0 Å². The Morgan fingerprint density at radius 2 is 1.71 bits per heavy atom. The minimum Gasteiger partial charge on any atom is -0.505 e. The summed E-state index contributed by atoms with van der Waals surface area (Å²) in [7, 11) is 1.69. The van der Waals surface area contributed by atoms with Crippen molar-refractivity contribution in [3.05, 3.63) is 82.5 Å². The zero-order valence-electron chi connectivity index (χ0n) is 24.0. The van der Waals surface area contributed by atoms with E-state index in [4.69, 9.17) is 16.6 Å². The van der Waals surface area contributed by atoms with Gasteiger partial charge in [0.25, 0.3) is 0 Å². The van der Waals surface area contributed by atoms with Gasteiger partial charge in [0, 0.05) is 86.6 Å². The van der Waals surface area contributed by atoms with E-state index in [0.29, 0.717) is 22.0 Å². The van der Waals surface area contributed by atoms with Crippen molar-refractivity contribution in [1.82, 2.24) is 28.4 Å². The molecule has 0 aliphatic carbocycles. The van der Waals surface area contributed by atoms with Gasteiger partial charge in [-0.25, -0.2) is 14.8 Å². The second kappa shape index (κ2) is 10.1. The fraction of sp³-hybridized carbons (Fsp3) is 0.323. The van der Waals surface area contributed by atoms with Crippen molar-refractivity contribution in [3.8, 4) is 33.8 Å². The third kappa shape index (κ3) is 4.89. The lowest BCUT2D eigenvalue weighted by atomic mass is 10.0. The molecule has 4 aromatic heterocycles. The Morgan fingerprint density at radius 1 is 0.951 bits per heavy atom. The first-order valence-electron chi connectivity index (χ1n) is 13.7. The van der Waals surface area contributed by atoms with Crippen LogP contribution in [-0.4, -0.2) is 65.2 Å². The predicted octanol–water partition coefficient (Wildman–Crippen LogP) is 5.14. The van der Waals surface area contributed by atoms with E-state index in [2.05, 4.69) is 41.6 Å². The van der Waals surface area contributed by atoms with E-state index >= 15 is 0 Å². The Balaban J connectivity index is 1.40. The van der Waals surface area contributed by atoms with Crippen molar-refractivity contribution in [2.45, 2.75) is 33.2 Å². The number of aryl methyl sites for hydroxylation is 2. The number of rotatable bonds is 4. The largest absolute Gasteiger partial charge is 0.505 e. The van der Waals surface area contributed by atoms with E-state index in [0.717, 1.165) is 54.3 Å². The van der Waals surface area contributed by atoms with Crippen molar-refractivity contribution < 1.29 is 5.11 Å². The number of benzene rings is 1. The molecule has 41 heavy (non-hydrogen) atoms. The summed E-state index contributed by atoms with van der Waals surface area (Å²) in [4.78, 5) is 26.7. The summed E-state index contributed by atoms with van der Waals surface area (Å²) in [6, 6.07) is 9.35. The Bertz CT molecular complexity index is 1820. The van der Waals surface area contributed by atoms with Crippen LogP contribution in [0.25, 0.3) is 33.7 Å². The number of hydrogen-bond acceptors (Lipinski definition) is 6. The standard InChI is InChI=1S/C31H34ClN7O2/c1-20-16-23(21-6-7-25(24(32)17-21)39-15-10-35(5)30(39)41)28(40)27(34-20)22-18-26(29-33-8-9-37(29)19-22)36-11-13-38(14-12-36)31(2,3)4/h6-10,15-19,40H,11-14H2,1-5H3. The molecular weight excluding hydrogens is 538 g/mol. The Labute approximate surface area is 243 Å². The number of halogens is 1. The van der Waals surface area contributed by atoms with Crippen LogP contribution in [0.3, 0.4) is 0 Å². The van der Waals surface area contributed by atoms with Gasteiger partial charge in [0.15, 0.2) is 5.65 Å². The molecule has 5 aromatic rings. The number of nitrogens with zero attached hydrogens (tertiary/aromatic N) is 7. The lowest BCUT2D eigenvalue weighted by Gasteiger charge is -2.43. The van der Waals surface area contributed by atoms with Gasteiger partial charge in [-0.3, -0.25) is 9.47 Å². The summed E-state index contributed by atoms with van der Waals surface area (Å²) >= 11 is 6.66. The summed E-state index contributed by atoms with van der Waals surface area (Å²) in [5.41, 5.74) is 5.81. The molecule has 0 unspecified atom stereocenters. The van der Waals surface area contributed by atoms with Crippen LogP contribution in [0.15, 0.2) is 66.1 Å². The zero-order valence-corrected chi connectivity index (χ0v) is 24.7. The molecule has 0 atom stereocenters. The van der Waals surface area contributed by atoms with Crippen LogP contribution in [-0.2, 0) is 7.05 Å². The highest BCUT2D eigenvalue weighted by molar-refractivity contribution is 6.32. The fourth-order valence-corrected chi connectivity index (χ4v) is 5.87. The average Bonchev–Trinajstić information content (AvgIpc) is 3.55. The van der Waals surface area contributed by atoms with Crippen LogP contribution in [0, 0.1) is 6.92 Å². The highest BCUT2D eigenvalue weighted by atomic mass is 35.5. The second-order valence-corrected chi connectivity index (χ2v) is 12.1. The number of anilines is 1. The number of piperazine rings is 1. The molecule has 1 aromatic carbocycles. The third-order valence-electron chi connectivity index (χ3n) is 7.90. The van der Waals surface area contributed by atoms with Crippen molar-refractivity contribution in [1.29, 1.82) is 0 Å². The van der Waals surface area contributed by atoms with Gasteiger partial charge in [-0.15, -0.1) is 0 Å². The molecule has 212 valence electrons. The Kier molecular flexibility index (Phi) is 6.66. The molecular formula is C31H34ClN7O2. The monoisotopic (exact) mass is 571 g/mol. The lowest BCUT2D eigenvalue weighted by Crippen LogP contribution is -2.53. The molecule has 6 rings (SSSR count). The Hall–Kier alpha value is -4.08. The van der Waals surface area contributed by atoms with Crippen molar-refractivity contribution in [2.24, 2.45) is 7.05 Å². The topological polar surface area (TPSA) is 83.8 Å². The number of fused-ring (bicyclic) bond motifs is 1. The van der Waals surface area contributed by atoms with Gasteiger partial charge in [-0.2, -0.15) is 0 Å². The van der Waals surface area contributed by atoms with Crippen LogP contribution in [0.5, 0.6) is 5.75 Å². The van der Waals surface area contributed by atoms with Crippen molar-refractivity contribution in [3.63, 3.8) is 0 Å². The number of hydrogen-bond donors (Lipinski definition) is 1. The molecule has 9 nitrogen and oxygen atoms in total. The molecule has 1 aliphatic rings. The number of aromatic hydroxyl groups is 1. The predicted molar refractivity (Wildman–Crippen MR) is 163 cm³/mol. The normalized spacial score (nSPS) is 14.7. The minimum atomic E-state index is -0.185. The quantitative estimate of drug-likeness (QED) is 0.322. The Morgan fingerprint density at radius 3 is 2.37 bits per heavy atom. The van der Waals surface area contributed by atoms with Gasteiger partial charge < -0.3 is 19.0 Å². The number of aromatic nitrogens is 5. The zero-order chi connectivity index (χ0) is 29.1. The molecule has 1 fully saturated rings. The highest BCUT2D eigenvalue weighted by Crippen LogP contribution is 2.40. The molecule has 5 heterocycles. The third-order valence-corrected chi connectivity index (χ3v) is 8.20. The molecule has 1 saturated heterocycles. The van der Waals surface area contributed by atoms with E-state index in [1.54, 1.807) is 37.8 Å². The van der Waals surface area contributed by atoms with Gasteiger partial charge in [0.05, 0.1) is 16.4 Å². The number of pyridine rings is 2. The summed E-state index contributed by atoms with van der Waals surface area (Å²) in [5.74, 6) is 0.0688. The average molecular weight is 572 g/mol. The van der Waals surface area contributed by atoms with E-state index in [1.165, 1.54) is 9.13 Å². The highest BCUT2D eigenvalue weighted by Gasteiger charge is 2.27. The molecule has 1 aliphatic heterocycles. The maximum atomic E-state index is 12.5. The first-order valence-corrected chi connectivity index (χ1v) is 14.1. The van der Waals surface area contributed by atoms with Gasteiger partial charge >= 0.3 is 5.69 Å². The lowest BCUT2D eigenvalue weighted by molar-refractivity contribution is 0.128. The molecule has 0 spiro atoms. The van der Waals surface area contributed by atoms with Crippen molar-refractivity contribution in [2.75, 3.05) is 31.1 Å². The van der Waals surface area contributed by atoms with Gasteiger partial charge in [0.2, 0.25) is 0 Å². The molecule has 10 heteroatoms. The maximum absolute atomic E-state index is 12.5. The summed E-state index contributed by atoms with van der Waals surface area (Å²) < 4.78 is 4.98. The van der Waals surface area contributed by atoms with Gasteiger partial charge in [-0.1, -0.05) is 17.7 Å². The fourth-order valence-electron chi connectivity index (χ4n) is 5.60. The van der Waals surface area contributed by atoms with Gasteiger partial charge in [0.1, 0.15) is 11.4 Å². The molecule has 0 radical (unpaired) electrons. The second-order valence-electron chi connectivity index (χ2n) is 11.7. The molecule has 0 bridgehead atoms.